The van der Waals surface area contributed by atoms with Crippen LogP contribution in [0.5, 0.6) is 0 Å². The monoisotopic (exact) mass is 260 g/mol. The fraction of sp³-hybridized carbons (Fsp3) is 0.267. The van der Waals surface area contributed by atoms with Crippen LogP contribution in [0.15, 0.2) is 42.7 Å². The van der Waals surface area contributed by atoms with Gasteiger partial charge in [0.05, 0.1) is 6.04 Å². The van der Waals surface area contributed by atoms with Crippen molar-refractivity contribution in [2.75, 3.05) is 6.54 Å². The first-order chi connectivity index (χ1) is 8.74. The van der Waals surface area contributed by atoms with Crippen molar-refractivity contribution in [1.82, 2.24) is 10.3 Å². The van der Waals surface area contributed by atoms with Crippen molar-refractivity contribution in [3.63, 3.8) is 0 Å². The minimum atomic E-state index is 0.141. The molecule has 0 radical (unpaired) electrons. The fourth-order valence-electron chi connectivity index (χ4n) is 2.10. The van der Waals surface area contributed by atoms with Crippen LogP contribution < -0.4 is 5.32 Å². The SMILES string of the molecule is CCNC(c1cccnc1)c1cccc(Cl)c1C. The van der Waals surface area contributed by atoms with E-state index in [2.05, 4.69) is 36.3 Å². The van der Waals surface area contributed by atoms with Crippen molar-refractivity contribution < 1.29 is 0 Å². The molecule has 2 aromatic rings. The second kappa shape index (κ2) is 5.98. The quantitative estimate of drug-likeness (QED) is 0.906. The first kappa shape index (κ1) is 13.1. The van der Waals surface area contributed by atoms with Gasteiger partial charge in [-0.3, -0.25) is 4.98 Å². The Kier molecular flexibility index (Phi) is 4.34. The smallest absolute Gasteiger partial charge is 0.0595 e. The average Bonchev–Trinajstić information content (AvgIpc) is 2.41. The van der Waals surface area contributed by atoms with Crippen LogP contribution in [0, 0.1) is 6.92 Å². The Bertz CT molecular complexity index is 511. The zero-order valence-corrected chi connectivity index (χ0v) is 11.4. The summed E-state index contributed by atoms with van der Waals surface area (Å²) in [6.45, 7) is 5.05. The molecule has 1 unspecified atom stereocenters. The van der Waals surface area contributed by atoms with Gasteiger partial charge >= 0.3 is 0 Å². The Morgan fingerprint density at radius 1 is 1.28 bits per heavy atom. The topological polar surface area (TPSA) is 24.9 Å². The molecule has 2 rings (SSSR count). The lowest BCUT2D eigenvalue weighted by atomic mass is 9.96. The summed E-state index contributed by atoms with van der Waals surface area (Å²) >= 11 is 6.20. The Labute approximate surface area is 113 Å². The maximum Gasteiger partial charge on any atom is 0.0595 e. The van der Waals surface area contributed by atoms with Crippen LogP contribution in [0.2, 0.25) is 5.02 Å². The van der Waals surface area contributed by atoms with Crippen LogP contribution in [-0.4, -0.2) is 11.5 Å². The molecular formula is C15H17ClN2. The minimum absolute atomic E-state index is 0.141. The highest BCUT2D eigenvalue weighted by atomic mass is 35.5. The second-order valence-corrected chi connectivity index (χ2v) is 4.64. The highest BCUT2D eigenvalue weighted by Gasteiger charge is 2.16. The van der Waals surface area contributed by atoms with Crippen LogP contribution >= 0.6 is 11.6 Å². The van der Waals surface area contributed by atoms with Crippen LogP contribution in [0.25, 0.3) is 0 Å². The predicted molar refractivity (Wildman–Crippen MR) is 75.9 cm³/mol. The van der Waals surface area contributed by atoms with E-state index in [1.165, 1.54) is 5.56 Å². The van der Waals surface area contributed by atoms with E-state index in [-0.39, 0.29) is 6.04 Å². The summed E-state index contributed by atoms with van der Waals surface area (Å²) in [5, 5.41) is 4.29. The van der Waals surface area contributed by atoms with E-state index >= 15 is 0 Å². The molecule has 0 saturated carbocycles. The molecule has 1 atom stereocenters. The molecular weight excluding hydrogens is 244 g/mol. The average molecular weight is 261 g/mol. The molecule has 3 heteroatoms. The van der Waals surface area contributed by atoms with Crippen LogP contribution in [0.4, 0.5) is 0 Å². The Hall–Kier alpha value is -1.38. The number of nitrogens with one attached hydrogen (secondary N) is 1. The second-order valence-electron chi connectivity index (χ2n) is 4.23. The van der Waals surface area contributed by atoms with Gasteiger partial charge < -0.3 is 5.32 Å². The summed E-state index contributed by atoms with van der Waals surface area (Å²) in [6.07, 6.45) is 3.69. The Balaban J connectivity index is 2.45. The number of aromatic nitrogens is 1. The fourth-order valence-corrected chi connectivity index (χ4v) is 2.28. The van der Waals surface area contributed by atoms with Gasteiger partial charge in [-0.05, 0) is 42.3 Å². The van der Waals surface area contributed by atoms with E-state index in [0.29, 0.717) is 0 Å². The van der Waals surface area contributed by atoms with Crippen LogP contribution in [-0.2, 0) is 0 Å². The van der Waals surface area contributed by atoms with E-state index < -0.39 is 0 Å². The molecule has 1 N–H and O–H groups in total. The van der Waals surface area contributed by atoms with E-state index in [0.717, 1.165) is 22.7 Å². The molecule has 0 fully saturated rings. The molecule has 1 heterocycles. The number of rotatable bonds is 4. The molecule has 1 aromatic carbocycles. The van der Waals surface area contributed by atoms with Crippen molar-refractivity contribution in [3.05, 3.63) is 64.4 Å². The maximum atomic E-state index is 6.20. The van der Waals surface area contributed by atoms with Gasteiger partial charge in [0.25, 0.3) is 0 Å². The van der Waals surface area contributed by atoms with Gasteiger partial charge in [-0.25, -0.2) is 0 Å². The van der Waals surface area contributed by atoms with Gasteiger partial charge in [-0.15, -0.1) is 0 Å². The number of pyridine rings is 1. The van der Waals surface area contributed by atoms with Gasteiger partial charge in [-0.1, -0.05) is 36.7 Å². The van der Waals surface area contributed by atoms with E-state index in [1.54, 1.807) is 6.20 Å². The lowest BCUT2D eigenvalue weighted by Crippen LogP contribution is -2.22. The molecule has 0 spiro atoms. The molecule has 0 aliphatic rings. The van der Waals surface area contributed by atoms with Crippen molar-refractivity contribution in [2.24, 2.45) is 0 Å². The third-order valence-corrected chi connectivity index (χ3v) is 3.46. The Morgan fingerprint density at radius 3 is 2.78 bits per heavy atom. The first-order valence-corrected chi connectivity index (χ1v) is 6.50. The summed E-state index contributed by atoms with van der Waals surface area (Å²) in [4.78, 5) is 4.19. The molecule has 18 heavy (non-hydrogen) atoms. The summed E-state index contributed by atoms with van der Waals surface area (Å²) in [5.74, 6) is 0. The molecule has 94 valence electrons. The number of halogens is 1. The van der Waals surface area contributed by atoms with E-state index in [9.17, 15) is 0 Å². The van der Waals surface area contributed by atoms with Crippen LogP contribution in [0.3, 0.4) is 0 Å². The van der Waals surface area contributed by atoms with Crippen molar-refractivity contribution in [3.8, 4) is 0 Å². The van der Waals surface area contributed by atoms with Gasteiger partial charge in [0.15, 0.2) is 0 Å². The molecule has 0 aliphatic carbocycles. The Morgan fingerprint density at radius 2 is 2.11 bits per heavy atom. The molecule has 0 bridgehead atoms. The summed E-state index contributed by atoms with van der Waals surface area (Å²) < 4.78 is 0. The first-order valence-electron chi connectivity index (χ1n) is 6.12. The van der Waals surface area contributed by atoms with Gasteiger partial charge in [0.2, 0.25) is 0 Å². The summed E-state index contributed by atoms with van der Waals surface area (Å²) in [5.41, 5.74) is 3.48. The molecule has 0 aliphatic heterocycles. The lowest BCUT2D eigenvalue weighted by molar-refractivity contribution is 0.626. The molecule has 1 aromatic heterocycles. The molecule has 0 saturated heterocycles. The van der Waals surface area contributed by atoms with Gasteiger partial charge in [0, 0.05) is 17.4 Å². The van der Waals surface area contributed by atoms with Crippen molar-refractivity contribution in [1.29, 1.82) is 0 Å². The van der Waals surface area contributed by atoms with E-state index in [1.807, 2.05) is 24.4 Å². The molecule has 0 amide bonds. The minimum Gasteiger partial charge on any atom is -0.306 e. The third kappa shape index (κ3) is 2.71. The summed E-state index contributed by atoms with van der Waals surface area (Å²) in [7, 11) is 0. The highest BCUT2D eigenvalue weighted by Crippen LogP contribution is 2.28. The van der Waals surface area contributed by atoms with Gasteiger partial charge in [-0.2, -0.15) is 0 Å². The predicted octanol–water partition coefficient (Wildman–Crippen LogP) is 3.74. The largest absolute Gasteiger partial charge is 0.306 e. The normalized spacial score (nSPS) is 12.4. The van der Waals surface area contributed by atoms with Gasteiger partial charge in [0.1, 0.15) is 0 Å². The number of nitrogens with zero attached hydrogens (tertiary/aromatic N) is 1. The van der Waals surface area contributed by atoms with Crippen molar-refractivity contribution >= 4 is 11.6 Å². The maximum absolute atomic E-state index is 6.20. The summed E-state index contributed by atoms with van der Waals surface area (Å²) in [6, 6.07) is 10.2. The van der Waals surface area contributed by atoms with E-state index in [4.69, 9.17) is 11.6 Å². The van der Waals surface area contributed by atoms with Crippen LogP contribution in [0.1, 0.15) is 29.7 Å². The lowest BCUT2D eigenvalue weighted by Gasteiger charge is -2.21. The number of benzene rings is 1. The van der Waals surface area contributed by atoms with Crippen molar-refractivity contribution in [2.45, 2.75) is 19.9 Å². The molecule has 2 nitrogen and oxygen atoms in total. The zero-order valence-electron chi connectivity index (χ0n) is 10.7. The standard InChI is InChI=1S/C15H17ClN2/c1-3-18-15(12-6-5-9-17-10-12)13-7-4-8-14(16)11(13)2/h4-10,15,18H,3H2,1-2H3. The highest BCUT2D eigenvalue weighted by molar-refractivity contribution is 6.31. The third-order valence-electron chi connectivity index (χ3n) is 3.05. The number of hydrogen-bond acceptors (Lipinski definition) is 2. The number of hydrogen-bond donors (Lipinski definition) is 1. The zero-order chi connectivity index (χ0) is 13.0.